The number of Topliss-reactive ketones (excluding diaryl/α,β-unsaturated/α-hetero) is 1. The summed E-state index contributed by atoms with van der Waals surface area (Å²) in [5.41, 5.74) is 1.60. The first-order valence-electron chi connectivity index (χ1n) is 11.5. The van der Waals surface area contributed by atoms with Crippen LogP contribution in [0.25, 0.3) is 5.76 Å². The van der Waals surface area contributed by atoms with Crippen molar-refractivity contribution in [2.45, 2.75) is 19.9 Å². The van der Waals surface area contributed by atoms with Crippen molar-refractivity contribution in [3.05, 3.63) is 81.9 Å². The van der Waals surface area contributed by atoms with Crippen LogP contribution < -0.4 is 19.1 Å². The van der Waals surface area contributed by atoms with Crippen molar-refractivity contribution >= 4 is 34.7 Å². The SMILES string of the molecule is CCOc1cc(C2/C(=C(\O)c3cc(OC)ccc3OC)C(=O)C(=O)N2c2ccc(C)c(Cl)c2)ccc1O. The van der Waals surface area contributed by atoms with Crippen LogP contribution >= 0.6 is 11.6 Å². The number of phenols is 1. The number of hydrogen-bond donors (Lipinski definition) is 2. The van der Waals surface area contributed by atoms with E-state index in [1.54, 1.807) is 43.3 Å². The first-order chi connectivity index (χ1) is 17.7. The molecule has 0 aromatic heterocycles. The molecule has 1 saturated heterocycles. The molecule has 1 heterocycles. The molecule has 1 amide bonds. The van der Waals surface area contributed by atoms with E-state index in [1.165, 1.54) is 37.3 Å². The fourth-order valence-corrected chi connectivity index (χ4v) is 4.44. The highest BCUT2D eigenvalue weighted by Crippen LogP contribution is 2.45. The van der Waals surface area contributed by atoms with Crippen molar-refractivity contribution in [1.29, 1.82) is 0 Å². The van der Waals surface area contributed by atoms with E-state index in [9.17, 15) is 19.8 Å². The third kappa shape index (κ3) is 4.68. The number of amides is 1. The molecule has 3 aromatic carbocycles. The summed E-state index contributed by atoms with van der Waals surface area (Å²) >= 11 is 6.36. The van der Waals surface area contributed by atoms with Gasteiger partial charge >= 0.3 is 0 Å². The zero-order chi connectivity index (χ0) is 26.9. The van der Waals surface area contributed by atoms with Gasteiger partial charge in [0.05, 0.1) is 38.0 Å². The number of aliphatic hydroxyl groups excluding tert-OH is 1. The highest BCUT2D eigenvalue weighted by atomic mass is 35.5. The number of halogens is 1. The van der Waals surface area contributed by atoms with Crippen molar-refractivity contribution in [2.24, 2.45) is 0 Å². The number of phenolic OH excluding ortho intramolecular Hbond substituents is 1. The lowest BCUT2D eigenvalue weighted by molar-refractivity contribution is -0.132. The molecule has 8 nitrogen and oxygen atoms in total. The van der Waals surface area contributed by atoms with E-state index in [1.807, 2.05) is 6.92 Å². The van der Waals surface area contributed by atoms with Crippen LogP contribution in [0.1, 0.15) is 29.7 Å². The number of aromatic hydroxyl groups is 1. The van der Waals surface area contributed by atoms with Crippen molar-refractivity contribution in [2.75, 3.05) is 25.7 Å². The third-order valence-electron chi connectivity index (χ3n) is 6.14. The van der Waals surface area contributed by atoms with Crippen LogP contribution in [-0.2, 0) is 9.59 Å². The molecule has 0 saturated carbocycles. The Morgan fingerprint density at radius 2 is 1.76 bits per heavy atom. The van der Waals surface area contributed by atoms with Crippen LogP contribution in [0.3, 0.4) is 0 Å². The Hall–Kier alpha value is -4.17. The van der Waals surface area contributed by atoms with E-state index in [0.29, 0.717) is 22.0 Å². The smallest absolute Gasteiger partial charge is 0.300 e. The van der Waals surface area contributed by atoms with Gasteiger partial charge in [-0.2, -0.15) is 0 Å². The molecule has 0 spiro atoms. The first-order valence-corrected chi connectivity index (χ1v) is 11.8. The number of rotatable bonds is 7. The summed E-state index contributed by atoms with van der Waals surface area (Å²) in [6.07, 6.45) is 0. The Labute approximate surface area is 219 Å². The van der Waals surface area contributed by atoms with Crippen LogP contribution in [0.15, 0.2) is 60.2 Å². The summed E-state index contributed by atoms with van der Waals surface area (Å²) < 4.78 is 16.2. The zero-order valence-electron chi connectivity index (χ0n) is 20.7. The molecule has 1 unspecified atom stereocenters. The average molecular weight is 524 g/mol. The van der Waals surface area contributed by atoms with E-state index in [4.69, 9.17) is 25.8 Å². The monoisotopic (exact) mass is 523 g/mol. The van der Waals surface area contributed by atoms with E-state index in [-0.39, 0.29) is 35.0 Å². The van der Waals surface area contributed by atoms with Gasteiger partial charge in [-0.15, -0.1) is 0 Å². The van der Waals surface area contributed by atoms with Crippen LogP contribution in [0.2, 0.25) is 5.02 Å². The van der Waals surface area contributed by atoms with Gasteiger partial charge in [-0.1, -0.05) is 23.7 Å². The maximum Gasteiger partial charge on any atom is 0.300 e. The van der Waals surface area contributed by atoms with E-state index < -0.39 is 23.5 Å². The third-order valence-corrected chi connectivity index (χ3v) is 6.55. The molecule has 0 radical (unpaired) electrons. The van der Waals surface area contributed by atoms with Crippen molar-refractivity contribution in [3.8, 4) is 23.0 Å². The lowest BCUT2D eigenvalue weighted by Crippen LogP contribution is -2.29. The maximum absolute atomic E-state index is 13.5. The Morgan fingerprint density at radius 3 is 2.41 bits per heavy atom. The summed E-state index contributed by atoms with van der Waals surface area (Å²) in [5, 5.41) is 22.2. The Balaban J connectivity index is 2.01. The van der Waals surface area contributed by atoms with Crippen LogP contribution in [0, 0.1) is 6.92 Å². The summed E-state index contributed by atoms with van der Waals surface area (Å²) in [6.45, 7) is 3.87. The predicted octanol–water partition coefficient (Wildman–Crippen LogP) is 5.40. The number of ether oxygens (including phenoxy) is 3. The molecule has 3 aromatic rings. The minimum atomic E-state index is -1.06. The van der Waals surface area contributed by atoms with E-state index in [0.717, 1.165) is 5.56 Å². The quantitative estimate of drug-likeness (QED) is 0.243. The zero-order valence-corrected chi connectivity index (χ0v) is 21.5. The van der Waals surface area contributed by atoms with Crippen LogP contribution in [0.4, 0.5) is 5.69 Å². The highest BCUT2D eigenvalue weighted by Gasteiger charge is 2.47. The first kappa shape index (κ1) is 25.9. The molecule has 1 aliphatic rings. The standard InChI is InChI=1S/C28H26ClNO7/c1-5-37-23-12-16(7-10-21(23)31)25-24(26(32)19-14-18(35-3)9-11-22(19)36-4)27(33)28(34)30(25)17-8-6-15(2)20(29)13-17/h6-14,25,31-32H,5H2,1-4H3/b26-24+. The minimum Gasteiger partial charge on any atom is -0.507 e. The van der Waals surface area contributed by atoms with Crippen molar-refractivity contribution < 1.29 is 34.0 Å². The number of methoxy groups -OCH3 is 2. The minimum absolute atomic E-state index is 0.101. The fraction of sp³-hybridized carbons (Fsp3) is 0.214. The Bertz CT molecular complexity index is 1420. The molecule has 9 heteroatoms. The van der Waals surface area contributed by atoms with Gasteiger partial charge in [0.15, 0.2) is 11.5 Å². The van der Waals surface area contributed by atoms with Gasteiger partial charge in [0, 0.05) is 10.7 Å². The van der Waals surface area contributed by atoms with Crippen LogP contribution in [0.5, 0.6) is 23.0 Å². The predicted molar refractivity (Wildman–Crippen MR) is 140 cm³/mol. The molecular weight excluding hydrogens is 498 g/mol. The second-order valence-corrected chi connectivity index (χ2v) is 8.74. The van der Waals surface area contributed by atoms with E-state index in [2.05, 4.69) is 0 Å². The number of hydrogen-bond acceptors (Lipinski definition) is 7. The summed E-state index contributed by atoms with van der Waals surface area (Å²) in [4.78, 5) is 28.2. The second kappa shape index (κ2) is 10.4. The lowest BCUT2D eigenvalue weighted by atomic mass is 9.94. The van der Waals surface area contributed by atoms with Gasteiger partial charge in [0.1, 0.15) is 17.3 Å². The maximum atomic E-state index is 13.5. The summed E-state index contributed by atoms with van der Waals surface area (Å²) in [5.74, 6) is -1.41. The molecule has 1 fully saturated rings. The molecular formula is C28H26ClNO7. The molecule has 1 atom stereocenters. The molecule has 192 valence electrons. The number of nitrogens with zero attached hydrogens (tertiary/aromatic N) is 1. The van der Waals surface area contributed by atoms with Gasteiger partial charge in [0.2, 0.25) is 0 Å². The molecule has 37 heavy (non-hydrogen) atoms. The molecule has 4 rings (SSSR count). The van der Waals surface area contributed by atoms with Gasteiger partial charge in [-0.3, -0.25) is 14.5 Å². The number of carbonyl (C=O) groups excluding carboxylic acids is 2. The number of benzene rings is 3. The Kier molecular flexibility index (Phi) is 7.31. The van der Waals surface area contributed by atoms with Crippen LogP contribution in [-0.4, -0.2) is 42.7 Å². The number of aliphatic hydroxyl groups is 1. The normalized spacial score (nSPS) is 16.7. The van der Waals surface area contributed by atoms with Gasteiger partial charge in [-0.25, -0.2) is 0 Å². The lowest BCUT2D eigenvalue weighted by Gasteiger charge is -2.26. The average Bonchev–Trinajstić information content (AvgIpc) is 3.16. The van der Waals surface area contributed by atoms with Gasteiger partial charge in [-0.05, 0) is 67.4 Å². The van der Waals surface area contributed by atoms with Crippen molar-refractivity contribution in [3.63, 3.8) is 0 Å². The summed E-state index contributed by atoms with van der Waals surface area (Å²) in [7, 11) is 2.90. The number of carbonyl (C=O) groups is 2. The number of aryl methyl sites for hydroxylation is 1. The number of ketones is 1. The van der Waals surface area contributed by atoms with E-state index >= 15 is 0 Å². The molecule has 0 bridgehead atoms. The van der Waals surface area contributed by atoms with Gasteiger partial charge < -0.3 is 24.4 Å². The molecule has 1 aliphatic heterocycles. The van der Waals surface area contributed by atoms with Crippen molar-refractivity contribution in [1.82, 2.24) is 0 Å². The summed E-state index contributed by atoms with van der Waals surface area (Å²) in [6, 6.07) is 13.2. The highest BCUT2D eigenvalue weighted by molar-refractivity contribution is 6.52. The molecule has 2 N–H and O–H groups in total. The fourth-order valence-electron chi connectivity index (χ4n) is 4.26. The van der Waals surface area contributed by atoms with Gasteiger partial charge in [0.25, 0.3) is 11.7 Å². The molecule has 0 aliphatic carbocycles. The Morgan fingerprint density at radius 1 is 1.00 bits per heavy atom. The number of anilines is 1. The topological polar surface area (TPSA) is 106 Å². The second-order valence-electron chi connectivity index (χ2n) is 8.33. The largest absolute Gasteiger partial charge is 0.507 e.